The minimum Gasteiger partial charge on any atom is -0.465 e. The molecule has 64 valence electrons. The minimum atomic E-state index is -0.381. The lowest BCUT2D eigenvalue weighted by Gasteiger charge is -1.96. The predicted octanol–water partition coefficient (Wildman–Crippen LogP) is 2.01. The maximum absolute atomic E-state index is 11.0. The molecule has 2 heteroatoms. The zero-order valence-electron chi connectivity index (χ0n) is 7.12. The summed E-state index contributed by atoms with van der Waals surface area (Å²) in [5.74, 6) is -0.381. The Balaban J connectivity index is 4.54. The fourth-order valence-corrected chi connectivity index (χ4v) is 0.608. The van der Waals surface area contributed by atoms with Crippen molar-refractivity contribution < 1.29 is 9.53 Å². The van der Waals surface area contributed by atoms with Gasteiger partial charge in [-0.15, -0.1) is 0 Å². The Labute approximate surface area is 72.5 Å². The van der Waals surface area contributed by atoms with Crippen molar-refractivity contribution >= 4 is 5.97 Å². The van der Waals surface area contributed by atoms with E-state index in [0.717, 1.165) is 0 Å². The number of allylic oxidation sites excluding steroid dienone is 4. The second-order valence-corrected chi connectivity index (χ2v) is 1.94. The Morgan fingerprint density at radius 1 is 1.33 bits per heavy atom. The van der Waals surface area contributed by atoms with Gasteiger partial charge < -0.3 is 4.74 Å². The Morgan fingerprint density at radius 2 is 2.00 bits per heavy atom. The van der Waals surface area contributed by atoms with Crippen molar-refractivity contribution in [1.82, 2.24) is 0 Å². The van der Waals surface area contributed by atoms with Crippen LogP contribution in [0.4, 0.5) is 0 Å². The first-order valence-electron chi connectivity index (χ1n) is 3.46. The standard InChI is InChI=1S/C10H12O2/c1-4-6-8-9(7-5-2)10(11)12-3/h4-8H,1-2H2,3H3. The molecule has 0 amide bonds. The van der Waals surface area contributed by atoms with Gasteiger partial charge in [-0.2, -0.15) is 0 Å². The number of rotatable bonds is 4. The second-order valence-electron chi connectivity index (χ2n) is 1.94. The van der Waals surface area contributed by atoms with Gasteiger partial charge in [0.25, 0.3) is 0 Å². The molecule has 0 atom stereocenters. The van der Waals surface area contributed by atoms with E-state index in [0.29, 0.717) is 5.57 Å². The van der Waals surface area contributed by atoms with Crippen LogP contribution >= 0.6 is 0 Å². The molecule has 0 N–H and O–H groups in total. The Morgan fingerprint density at radius 3 is 2.42 bits per heavy atom. The molecule has 0 rings (SSSR count). The van der Waals surface area contributed by atoms with Crippen LogP contribution in [0.3, 0.4) is 0 Å². The number of carbonyl (C=O) groups is 1. The lowest BCUT2D eigenvalue weighted by molar-refractivity contribution is -0.135. The van der Waals surface area contributed by atoms with E-state index in [1.54, 1.807) is 24.3 Å². The Bertz CT molecular complexity index is 234. The largest absolute Gasteiger partial charge is 0.465 e. The van der Waals surface area contributed by atoms with Crippen molar-refractivity contribution in [3.63, 3.8) is 0 Å². The zero-order chi connectivity index (χ0) is 9.40. The molecule has 12 heavy (non-hydrogen) atoms. The summed E-state index contributed by atoms with van der Waals surface area (Å²) < 4.78 is 4.52. The molecule has 2 nitrogen and oxygen atoms in total. The average molecular weight is 164 g/mol. The maximum Gasteiger partial charge on any atom is 0.337 e. The van der Waals surface area contributed by atoms with E-state index >= 15 is 0 Å². The van der Waals surface area contributed by atoms with Crippen LogP contribution in [-0.4, -0.2) is 13.1 Å². The topological polar surface area (TPSA) is 26.3 Å². The molecule has 0 aliphatic heterocycles. The fourth-order valence-electron chi connectivity index (χ4n) is 0.608. The van der Waals surface area contributed by atoms with Crippen LogP contribution in [0.25, 0.3) is 0 Å². The highest BCUT2D eigenvalue weighted by Gasteiger charge is 2.02. The molecule has 0 saturated carbocycles. The quantitative estimate of drug-likeness (QED) is 0.361. The van der Waals surface area contributed by atoms with Crippen LogP contribution in [0.15, 0.2) is 49.1 Å². The average Bonchev–Trinajstić information content (AvgIpc) is 2.11. The first kappa shape index (κ1) is 10.4. The molecule has 0 aromatic carbocycles. The summed E-state index contributed by atoms with van der Waals surface area (Å²) in [5, 5.41) is 0. The maximum atomic E-state index is 11.0. The molecule has 0 aliphatic rings. The fraction of sp³-hybridized carbons (Fsp3) is 0.100. The van der Waals surface area contributed by atoms with Gasteiger partial charge in [-0.25, -0.2) is 4.79 Å². The molecule has 0 unspecified atom stereocenters. The normalized spacial score (nSPS) is 11.2. The van der Waals surface area contributed by atoms with Gasteiger partial charge in [-0.1, -0.05) is 31.4 Å². The highest BCUT2D eigenvalue weighted by molar-refractivity contribution is 5.91. The van der Waals surface area contributed by atoms with E-state index in [1.807, 2.05) is 0 Å². The summed E-state index contributed by atoms with van der Waals surface area (Å²) in [4.78, 5) is 11.0. The van der Waals surface area contributed by atoms with Gasteiger partial charge in [-0.05, 0) is 12.2 Å². The first-order valence-corrected chi connectivity index (χ1v) is 3.46. The van der Waals surface area contributed by atoms with Gasteiger partial charge in [-0.3, -0.25) is 0 Å². The Kier molecular flexibility index (Phi) is 5.35. The van der Waals surface area contributed by atoms with Gasteiger partial charge >= 0.3 is 5.97 Å². The molecular weight excluding hydrogens is 152 g/mol. The molecular formula is C10H12O2. The summed E-state index contributed by atoms with van der Waals surface area (Å²) in [6.45, 7) is 6.97. The number of hydrogen-bond donors (Lipinski definition) is 0. The molecule has 0 radical (unpaired) electrons. The highest BCUT2D eigenvalue weighted by atomic mass is 16.5. The summed E-state index contributed by atoms with van der Waals surface area (Å²) >= 11 is 0. The van der Waals surface area contributed by atoms with E-state index in [9.17, 15) is 4.79 Å². The molecule has 0 aliphatic carbocycles. The van der Waals surface area contributed by atoms with Crippen LogP contribution in [0, 0.1) is 0 Å². The van der Waals surface area contributed by atoms with Crippen molar-refractivity contribution in [2.75, 3.05) is 7.11 Å². The summed E-state index contributed by atoms with van der Waals surface area (Å²) in [6.07, 6.45) is 7.96. The van der Waals surface area contributed by atoms with Gasteiger partial charge in [0.2, 0.25) is 0 Å². The van der Waals surface area contributed by atoms with E-state index in [1.165, 1.54) is 13.2 Å². The van der Waals surface area contributed by atoms with Crippen molar-refractivity contribution in [3.05, 3.63) is 49.1 Å². The number of methoxy groups -OCH3 is 1. The number of carbonyl (C=O) groups excluding carboxylic acids is 1. The number of ether oxygens (including phenoxy) is 1. The summed E-state index contributed by atoms with van der Waals surface area (Å²) in [5.41, 5.74) is 0.451. The van der Waals surface area contributed by atoms with E-state index < -0.39 is 0 Å². The lowest BCUT2D eigenvalue weighted by Crippen LogP contribution is -2.01. The van der Waals surface area contributed by atoms with E-state index in [2.05, 4.69) is 17.9 Å². The number of esters is 1. The highest BCUT2D eigenvalue weighted by Crippen LogP contribution is 2.00. The van der Waals surface area contributed by atoms with Crippen LogP contribution in [0.2, 0.25) is 0 Å². The van der Waals surface area contributed by atoms with Crippen molar-refractivity contribution in [3.8, 4) is 0 Å². The molecule has 0 spiro atoms. The van der Waals surface area contributed by atoms with Crippen LogP contribution in [-0.2, 0) is 9.53 Å². The zero-order valence-corrected chi connectivity index (χ0v) is 7.12. The third-order valence-corrected chi connectivity index (χ3v) is 1.13. The van der Waals surface area contributed by atoms with E-state index in [-0.39, 0.29) is 5.97 Å². The lowest BCUT2D eigenvalue weighted by atomic mass is 10.2. The molecule has 0 fully saturated rings. The molecule has 0 aromatic heterocycles. The SMILES string of the molecule is C=CC=CC(=CC=C)C(=O)OC. The summed E-state index contributed by atoms with van der Waals surface area (Å²) in [7, 11) is 1.33. The van der Waals surface area contributed by atoms with Crippen LogP contribution in [0.5, 0.6) is 0 Å². The van der Waals surface area contributed by atoms with Crippen molar-refractivity contribution in [2.24, 2.45) is 0 Å². The van der Waals surface area contributed by atoms with Crippen molar-refractivity contribution in [2.45, 2.75) is 0 Å². The Hall–Kier alpha value is -1.57. The van der Waals surface area contributed by atoms with Gasteiger partial charge in [0.1, 0.15) is 0 Å². The predicted molar refractivity (Wildman–Crippen MR) is 49.6 cm³/mol. The van der Waals surface area contributed by atoms with Crippen LogP contribution < -0.4 is 0 Å². The first-order chi connectivity index (χ1) is 5.76. The van der Waals surface area contributed by atoms with Gasteiger partial charge in [0, 0.05) is 0 Å². The molecule has 0 aromatic rings. The molecule has 0 heterocycles. The smallest absolute Gasteiger partial charge is 0.337 e. The third-order valence-electron chi connectivity index (χ3n) is 1.13. The van der Waals surface area contributed by atoms with E-state index in [4.69, 9.17) is 0 Å². The monoisotopic (exact) mass is 164 g/mol. The van der Waals surface area contributed by atoms with Gasteiger partial charge in [0.15, 0.2) is 0 Å². The minimum absolute atomic E-state index is 0.381. The van der Waals surface area contributed by atoms with Crippen molar-refractivity contribution in [1.29, 1.82) is 0 Å². The second kappa shape index (κ2) is 6.16. The molecule has 0 saturated heterocycles. The number of hydrogen-bond acceptors (Lipinski definition) is 2. The summed E-state index contributed by atoms with van der Waals surface area (Å²) in [6, 6.07) is 0. The third kappa shape index (κ3) is 3.56. The van der Waals surface area contributed by atoms with Gasteiger partial charge in [0.05, 0.1) is 12.7 Å². The molecule has 0 bridgehead atoms. The van der Waals surface area contributed by atoms with Crippen LogP contribution in [0.1, 0.15) is 0 Å².